The number of benzene rings is 1. The van der Waals surface area contributed by atoms with Gasteiger partial charge in [0.1, 0.15) is 11.2 Å². The highest BCUT2D eigenvalue weighted by molar-refractivity contribution is 7.16. The van der Waals surface area contributed by atoms with E-state index in [1.54, 1.807) is 35.6 Å². The van der Waals surface area contributed by atoms with Gasteiger partial charge in [-0.25, -0.2) is 0 Å². The van der Waals surface area contributed by atoms with Gasteiger partial charge in [-0.3, -0.25) is 14.9 Å². The molecule has 1 aromatic carbocycles. The van der Waals surface area contributed by atoms with E-state index in [1.165, 1.54) is 12.1 Å². The molecule has 1 unspecified atom stereocenters. The first kappa shape index (κ1) is 15.2. The highest BCUT2D eigenvalue weighted by atomic mass is 32.1. The molecule has 2 aromatic rings. The fraction of sp³-hybridized carbons (Fsp3) is 0.188. The van der Waals surface area contributed by atoms with Gasteiger partial charge in [0.05, 0.1) is 10.5 Å². The zero-order valence-electron chi connectivity index (χ0n) is 12.6. The maximum absolute atomic E-state index is 12.2. The Kier molecular flexibility index (Phi) is 3.87. The van der Waals surface area contributed by atoms with Gasteiger partial charge in [-0.05, 0) is 31.1 Å². The van der Waals surface area contributed by atoms with Gasteiger partial charge in [0.25, 0.3) is 11.6 Å². The normalized spacial score (nSPS) is 16.8. The SMILES string of the molecule is Cc1sc2c(c1C)C(=O)NC(/C=C/c1cccc([N+](=O)[O-])c1)N2. The second kappa shape index (κ2) is 5.85. The molecule has 6 nitrogen and oxygen atoms in total. The lowest BCUT2D eigenvalue weighted by atomic mass is 10.1. The Morgan fingerprint density at radius 1 is 1.30 bits per heavy atom. The predicted molar refractivity (Wildman–Crippen MR) is 90.8 cm³/mol. The van der Waals surface area contributed by atoms with Crippen LogP contribution in [-0.4, -0.2) is 17.0 Å². The number of carbonyl (C=O) groups is 1. The minimum atomic E-state index is -0.429. The second-order valence-electron chi connectivity index (χ2n) is 5.29. The molecule has 118 valence electrons. The molecule has 2 heterocycles. The van der Waals surface area contributed by atoms with Crippen LogP contribution in [0, 0.1) is 24.0 Å². The highest BCUT2D eigenvalue weighted by Crippen LogP contribution is 2.34. The number of anilines is 1. The molecule has 7 heteroatoms. The molecule has 0 saturated heterocycles. The largest absolute Gasteiger partial charge is 0.353 e. The summed E-state index contributed by atoms with van der Waals surface area (Å²) >= 11 is 1.56. The summed E-state index contributed by atoms with van der Waals surface area (Å²) in [6.45, 7) is 3.92. The predicted octanol–water partition coefficient (Wildman–Crippen LogP) is 3.47. The number of nitro groups is 1. The Morgan fingerprint density at radius 2 is 2.09 bits per heavy atom. The molecular formula is C16H15N3O3S. The summed E-state index contributed by atoms with van der Waals surface area (Å²) in [5, 5.41) is 17.8. The number of nitrogens with zero attached hydrogens (tertiary/aromatic N) is 1. The van der Waals surface area contributed by atoms with Crippen molar-refractivity contribution in [3.8, 4) is 0 Å². The zero-order valence-corrected chi connectivity index (χ0v) is 13.4. The summed E-state index contributed by atoms with van der Waals surface area (Å²) in [6.07, 6.45) is 3.19. The molecule has 0 aliphatic carbocycles. The number of rotatable bonds is 3. The van der Waals surface area contributed by atoms with Crippen molar-refractivity contribution in [3.63, 3.8) is 0 Å². The van der Waals surface area contributed by atoms with Crippen LogP contribution >= 0.6 is 11.3 Å². The molecule has 3 rings (SSSR count). The number of nitrogens with one attached hydrogen (secondary N) is 2. The quantitative estimate of drug-likeness (QED) is 0.667. The van der Waals surface area contributed by atoms with Gasteiger partial charge in [0.15, 0.2) is 0 Å². The van der Waals surface area contributed by atoms with Crippen molar-refractivity contribution in [2.75, 3.05) is 5.32 Å². The van der Waals surface area contributed by atoms with E-state index >= 15 is 0 Å². The number of hydrogen-bond acceptors (Lipinski definition) is 5. The van der Waals surface area contributed by atoms with E-state index in [0.29, 0.717) is 11.1 Å². The summed E-state index contributed by atoms with van der Waals surface area (Å²) in [5.74, 6) is -0.103. The summed E-state index contributed by atoms with van der Waals surface area (Å²) < 4.78 is 0. The summed E-state index contributed by atoms with van der Waals surface area (Å²) in [5.41, 5.74) is 2.45. The number of aryl methyl sites for hydroxylation is 1. The lowest BCUT2D eigenvalue weighted by Crippen LogP contribution is -2.43. The molecule has 1 aromatic heterocycles. The smallest absolute Gasteiger partial charge is 0.270 e. The average molecular weight is 329 g/mol. The first-order chi connectivity index (χ1) is 11.0. The third kappa shape index (κ3) is 2.95. The van der Waals surface area contributed by atoms with Crippen LogP contribution in [0.15, 0.2) is 30.3 Å². The average Bonchev–Trinajstić information content (AvgIpc) is 2.80. The van der Waals surface area contributed by atoms with Gasteiger partial charge in [0.2, 0.25) is 0 Å². The van der Waals surface area contributed by atoms with Gasteiger partial charge in [-0.2, -0.15) is 0 Å². The molecule has 2 N–H and O–H groups in total. The van der Waals surface area contributed by atoms with Crippen LogP contribution in [0.25, 0.3) is 6.08 Å². The first-order valence-corrected chi connectivity index (χ1v) is 7.87. The molecule has 0 bridgehead atoms. The van der Waals surface area contributed by atoms with E-state index in [4.69, 9.17) is 0 Å². The molecular weight excluding hydrogens is 314 g/mol. The molecule has 1 aliphatic rings. The fourth-order valence-corrected chi connectivity index (χ4v) is 3.53. The highest BCUT2D eigenvalue weighted by Gasteiger charge is 2.26. The van der Waals surface area contributed by atoms with Crippen LogP contribution in [0.2, 0.25) is 0 Å². The van der Waals surface area contributed by atoms with Crippen LogP contribution in [0.4, 0.5) is 10.7 Å². The monoisotopic (exact) mass is 329 g/mol. The number of amides is 1. The van der Waals surface area contributed by atoms with Crippen molar-refractivity contribution in [1.29, 1.82) is 0 Å². The number of non-ortho nitro benzene ring substituents is 1. The molecule has 0 spiro atoms. The van der Waals surface area contributed by atoms with E-state index in [0.717, 1.165) is 15.4 Å². The Hall–Kier alpha value is -2.67. The van der Waals surface area contributed by atoms with Gasteiger partial charge < -0.3 is 10.6 Å². The molecule has 1 amide bonds. The molecule has 23 heavy (non-hydrogen) atoms. The van der Waals surface area contributed by atoms with Gasteiger partial charge in [0, 0.05) is 17.0 Å². The van der Waals surface area contributed by atoms with Crippen molar-refractivity contribution < 1.29 is 9.72 Å². The fourth-order valence-electron chi connectivity index (χ4n) is 2.44. The molecule has 0 radical (unpaired) electrons. The van der Waals surface area contributed by atoms with E-state index in [-0.39, 0.29) is 17.8 Å². The van der Waals surface area contributed by atoms with Crippen LogP contribution < -0.4 is 10.6 Å². The van der Waals surface area contributed by atoms with E-state index in [9.17, 15) is 14.9 Å². The summed E-state index contributed by atoms with van der Waals surface area (Å²) in [4.78, 5) is 23.7. The number of hydrogen-bond donors (Lipinski definition) is 2. The van der Waals surface area contributed by atoms with Crippen LogP contribution in [0.5, 0.6) is 0 Å². The van der Waals surface area contributed by atoms with Crippen molar-refractivity contribution in [2.45, 2.75) is 20.0 Å². The zero-order chi connectivity index (χ0) is 16.6. The number of fused-ring (bicyclic) bond motifs is 1. The van der Waals surface area contributed by atoms with E-state index in [2.05, 4.69) is 10.6 Å². The Morgan fingerprint density at radius 3 is 2.83 bits per heavy atom. The lowest BCUT2D eigenvalue weighted by Gasteiger charge is -2.23. The van der Waals surface area contributed by atoms with Crippen molar-refractivity contribution >= 4 is 34.0 Å². The van der Waals surface area contributed by atoms with Crippen molar-refractivity contribution in [2.24, 2.45) is 0 Å². The van der Waals surface area contributed by atoms with E-state index < -0.39 is 4.92 Å². The standard InChI is InChI=1S/C16H15N3O3S/c1-9-10(2)23-16-14(9)15(20)17-13(18-16)7-6-11-4-3-5-12(8-11)19(21)22/h3-8,13,18H,1-2H3,(H,17,20)/b7-6+. The minimum Gasteiger partial charge on any atom is -0.353 e. The van der Waals surface area contributed by atoms with Gasteiger partial charge in [-0.15, -0.1) is 11.3 Å². The number of thiophene rings is 1. The Balaban J connectivity index is 1.80. The Bertz CT molecular complexity index is 826. The first-order valence-electron chi connectivity index (χ1n) is 7.06. The Labute approximate surface area is 137 Å². The van der Waals surface area contributed by atoms with Crippen LogP contribution in [0.1, 0.15) is 26.4 Å². The lowest BCUT2D eigenvalue weighted by molar-refractivity contribution is -0.384. The molecule has 1 atom stereocenters. The molecule has 0 fully saturated rings. The second-order valence-corrected chi connectivity index (χ2v) is 6.52. The minimum absolute atomic E-state index is 0.0413. The van der Waals surface area contributed by atoms with Gasteiger partial charge in [-0.1, -0.05) is 18.2 Å². The summed E-state index contributed by atoms with van der Waals surface area (Å²) in [7, 11) is 0. The van der Waals surface area contributed by atoms with Gasteiger partial charge >= 0.3 is 0 Å². The molecule has 0 saturated carbocycles. The van der Waals surface area contributed by atoms with Crippen molar-refractivity contribution in [1.82, 2.24) is 5.32 Å². The van der Waals surface area contributed by atoms with Crippen molar-refractivity contribution in [3.05, 3.63) is 62.0 Å². The van der Waals surface area contributed by atoms with Crippen LogP contribution in [0.3, 0.4) is 0 Å². The third-order valence-corrected chi connectivity index (χ3v) is 4.89. The topological polar surface area (TPSA) is 84.3 Å². The maximum Gasteiger partial charge on any atom is 0.270 e. The maximum atomic E-state index is 12.2. The number of nitro benzene ring substituents is 1. The van der Waals surface area contributed by atoms with E-state index in [1.807, 2.05) is 13.8 Å². The molecule has 1 aliphatic heterocycles. The third-order valence-electron chi connectivity index (χ3n) is 3.75. The summed E-state index contributed by atoms with van der Waals surface area (Å²) in [6, 6.07) is 6.35. The van der Waals surface area contributed by atoms with Crippen LogP contribution in [-0.2, 0) is 0 Å². The number of carbonyl (C=O) groups excluding carboxylic acids is 1.